The number of para-hydroxylation sites is 1. The monoisotopic (exact) mass is 241 g/mol. The van der Waals surface area contributed by atoms with Crippen molar-refractivity contribution in [1.82, 2.24) is 0 Å². The van der Waals surface area contributed by atoms with E-state index in [1.54, 1.807) is 12.1 Å². The predicted octanol–water partition coefficient (Wildman–Crippen LogP) is 3.40. The van der Waals surface area contributed by atoms with Crippen LogP contribution in [-0.4, -0.2) is 16.6 Å². The number of carbonyl (C=O) groups is 1. The normalized spacial score (nSPS) is 11.2. The molecule has 88 valence electrons. The number of aliphatic carboxylic acids is 1. The van der Waals surface area contributed by atoms with Crippen LogP contribution >= 0.6 is 11.6 Å². The minimum atomic E-state index is -0.939. The highest BCUT2D eigenvalue weighted by atomic mass is 35.5. The molecule has 1 aromatic rings. The lowest BCUT2D eigenvalue weighted by molar-refractivity contribution is -0.142. The molecule has 2 N–H and O–H groups in total. The van der Waals surface area contributed by atoms with Crippen LogP contribution in [0.1, 0.15) is 26.7 Å². The molecule has 0 aliphatic heterocycles. The molecule has 1 aromatic carbocycles. The van der Waals surface area contributed by atoms with Gasteiger partial charge in [0.05, 0.1) is 10.7 Å². The fourth-order valence-electron chi connectivity index (χ4n) is 1.60. The van der Waals surface area contributed by atoms with Gasteiger partial charge in [0.2, 0.25) is 0 Å². The molecule has 0 aromatic heterocycles. The van der Waals surface area contributed by atoms with Gasteiger partial charge >= 0.3 is 5.97 Å². The average molecular weight is 242 g/mol. The van der Waals surface area contributed by atoms with Gasteiger partial charge < -0.3 is 10.4 Å². The maximum absolute atomic E-state index is 11.3. The van der Waals surface area contributed by atoms with Crippen LogP contribution in [0, 0.1) is 0 Å². The lowest BCUT2D eigenvalue weighted by Gasteiger charge is -2.29. The Balaban J connectivity index is 3.01. The predicted molar refractivity (Wildman–Crippen MR) is 66.0 cm³/mol. The number of carboxylic acids is 1. The van der Waals surface area contributed by atoms with Gasteiger partial charge in [-0.1, -0.05) is 37.6 Å². The average Bonchev–Trinajstić information content (AvgIpc) is 2.28. The fraction of sp³-hybridized carbons (Fsp3) is 0.417. The Kier molecular flexibility index (Phi) is 4.19. The van der Waals surface area contributed by atoms with Gasteiger partial charge in [0, 0.05) is 0 Å². The third-order valence-corrected chi connectivity index (χ3v) is 3.19. The molecule has 3 nitrogen and oxygen atoms in total. The molecule has 0 heterocycles. The summed E-state index contributed by atoms with van der Waals surface area (Å²) in [6, 6.07) is 7.16. The first-order chi connectivity index (χ1) is 7.55. The van der Waals surface area contributed by atoms with E-state index in [1.165, 1.54) is 0 Å². The fourth-order valence-corrected chi connectivity index (χ4v) is 1.79. The Morgan fingerprint density at radius 2 is 1.94 bits per heavy atom. The van der Waals surface area contributed by atoms with Crippen molar-refractivity contribution in [2.45, 2.75) is 32.2 Å². The largest absolute Gasteiger partial charge is 0.480 e. The summed E-state index contributed by atoms with van der Waals surface area (Å²) in [5.74, 6) is -0.850. The zero-order valence-electron chi connectivity index (χ0n) is 9.46. The molecule has 0 atom stereocenters. The molecule has 0 aliphatic carbocycles. The van der Waals surface area contributed by atoms with Gasteiger partial charge in [0.1, 0.15) is 5.54 Å². The molecular weight excluding hydrogens is 226 g/mol. The van der Waals surface area contributed by atoms with Gasteiger partial charge in [-0.05, 0) is 25.0 Å². The minimum absolute atomic E-state index is 0.504. The number of anilines is 1. The van der Waals surface area contributed by atoms with Crippen LogP contribution in [0.5, 0.6) is 0 Å². The van der Waals surface area contributed by atoms with Gasteiger partial charge in [-0.2, -0.15) is 0 Å². The SMILES string of the molecule is CCC(CC)(Nc1ccccc1Cl)C(=O)O. The summed E-state index contributed by atoms with van der Waals surface area (Å²) in [6.07, 6.45) is 1.01. The Hall–Kier alpha value is -1.22. The summed E-state index contributed by atoms with van der Waals surface area (Å²) in [5.41, 5.74) is -0.277. The number of rotatable bonds is 5. The van der Waals surface area contributed by atoms with Gasteiger partial charge in [0.15, 0.2) is 0 Å². The van der Waals surface area contributed by atoms with Crippen LogP contribution in [-0.2, 0) is 4.79 Å². The maximum atomic E-state index is 11.3. The molecule has 0 amide bonds. The van der Waals surface area contributed by atoms with Crippen molar-refractivity contribution in [2.24, 2.45) is 0 Å². The smallest absolute Gasteiger partial charge is 0.329 e. The lowest BCUT2D eigenvalue weighted by Crippen LogP contribution is -2.45. The molecule has 0 bridgehead atoms. The van der Waals surface area contributed by atoms with Crippen molar-refractivity contribution in [3.05, 3.63) is 29.3 Å². The second-order valence-electron chi connectivity index (χ2n) is 3.70. The van der Waals surface area contributed by atoms with E-state index in [4.69, 9.17) is 11.6 Å². The van der Waals surface area contributed by atoms with Crippen molar-refractivity contribution in [1.29, 1.82) is 0 Å². The Bertz CT molecular complexity index is 375. The van der Waals surface area contributed by atoms with E-state index >= 15 is 0 Å². The zero-order valence-corrected chi connectivity index (χ0v) is 10.2. The molecule has 16 heavy (non-hydrogen) atoms. The van der Waals surface area contributed by atoms with Crippen LogP contribution in [0.25, 0.3) is 0 Å². The molecule has 1 rings (SSSR count). The van der Waals surface area contributed by atoms with Gasteiger partial charge in [0.25, 0.3) is 0 Å². The first-order valence-electron chi connectivity index (χ1n) is 5.32. The molecule has 4 heteroatoms. The molecule has 0 unspecified atom stereocenters. The number of hydrogen-bond acceptors (Lipinski definition) is 2. The Morgan fingerprint density at radius 3 is 2.38 bits per heavy atom. The third-order valence-electron chi connectivity index (χ3n) is 2.86. The van der Waals surface area contributed by atoms with E-state index in [-0.39, 0.29) is 0 Å². The Morgan fingerprint density at radius 1 is 1.38 bits per heavy atom. The summed E-state index contributed by atoms with van der Waals surface area (Å²) in [6.45, 7) is 3.70. The van der Waals surface area contributed by atoms with E-state index < -0.39 is 11.5 Å². The van der Waals surface area contributed by atoms with Crippen molar-refractivity contribution >= 4 is 23.3 Å². The van der Waals surface area contributed by atoms with Crippen molar-refractivity contribution in [3.63, 3.8) is 0 Å². The number of benzene rings is 1. The summed E-state index contributed by atoms with van der Waals surface area (Å²) >= 11 is 5.99. The number of carboxylic acid groups (broad SMARTS) is 1. The first kappa shape index (κ1) is 12.8. The van der Waals surface area contributed by atoms with E-state index in [2.05, 4.69) is 5.32 Å². The summed E-state index contributed by atoms with van der Waals surface area (Å²) in [7, 11) is 0. The third kappa shape index (κ3) is 2.47. The Labute approximate surface area is 100 Å². The maximum Gasteiger partial charge on any atom is 0.329 e. The van der Waals surface area contributed by atoms with E-state index in [0.717, 1.165) is 0 Å². The first-order valence-corrected chi connectivity index (χ1v) is 5.69. The molecule has 0 saturated heterocycles. The lowest BCUT2D eigenvalue weighted by atomic mass is 9.92. The van der Waals surface area contributed by atoms with Gasteiger partial charge in [-0.25, -0.2) is 4.79 Å². The number of nitrogens with one attached hydrogen (secondary N) is 1. The highest BCUT2D eigenvalue weighted by Gasteiger charge is 2.34. The van der Waals surface area contributed by atoms with E-state index in [1.807, 2.05) is 26.0 Å². The summed E-state index contributed by atoms with van der Waals surface area (Å²) < 4.78 is 0. The molecule has 0 saturated carbocycles. The highest BCUT2D eigenvalue weighted by Crippen LogP contribution is 2.27. The van der Waals surface area contributed by atoms with E-state index in [9.17, 15) is 9.90 Å². The second-order valence-corrected chi connectivity index (χ2v) is 4.11. The molecule has 0 spiro atoms. The van der Waals surface area contributed by atoms with Gasteiger partial charge in [-0.3, -0.25) is 0 Å². The van der Waals surface area contributed by atoms with Crippen LogP contribution in [0.4, 0.5) is 5.69 Å². The second kappa shape index (κ2) is 5.21. The molecule has 0 aliphatic rings. The summed E-state index contributed by atoms with van der Waals surface area (Å²) in [5, 5.41) is 12.8. The van der Waals surface area contributed by atoms with Crippen molar-refractivity contribution in [2.75, 3.05) is 5.32 Å². The topological polar surface area (TPSA) is 49.3 Å². The van der Waals surface area contributed by atoms with Crippen molar-refractivity contribution < 1.29 is 9.90 Å². The highest BCUT2D eigenvalue weighted by molar-refractivity contribution is 6.33. The zero-order chi connectivity index (χ0) is 12.2. The quantitative estimate of drug-likeness (QED) is 0.831. The van der Waals surface area contributed by atoms with E-state index in [0.29, 0.717) is 23.6 Å². The van der Waals surface area contributed by atoms with Crippen LogP contribution < -0.4 is 5.32 Å². The van der Waals surface area contributed by atoms with Crippen LogP contribution in [0.2, 0.25) is 5.02 Å². The summed E-state index contributed by atoms with van der Waals surface area (Å²) in [4.78, 5) is 11.3. The standard InChI is InChI=1S/C12H16ClNO2/c1-3-12(4-2,11(15)16)14-10-8-6-5-7-9(10)13/h5-8,14H,3-4H2,1-2H3,(H,15,16). The van der Waals surface area contributed by atoms with Gasteiger partial charge in [-0.15, -0.1) is 0 Å². The number of halogens is 1. The molecule has 0 radical (unpaired) electrons. The van der Waals surface area contributed by atoms with Crippen LogP contribution in [0.15, 0.2) is 24.3 Å². The van der Waals surface area contributed by atoms with Crippen LogP contribution in [0.3, 0.4) is 0 Å². The minimum Gasteiger partial charge on any atom is -0.480 e. The van der Waals surface area contributed by atoms with Crippen molar-refractivity contribution in [3.8, 4) is 0 Å². The molecular formula is C12H16ClNO2. The molecule has 0 fully saturated rings. The number of hydrogen-bond donors (Lipinski definition) is 2.